The van der Waals surface area contributed by atoms with Crippen molar-refractivity contribution in [3.8, 4) is 0 Å². The maximum absolute atomic E-state index is 14.3. The number of hydrogen-bond donors (Lipinski definition) is 2. The fourth-order valence-electron chi connectivity index (χ4n) is 6.04. The number of nitrogens with zero attached hydrogens (tertiary/aromatic N) is 1. The third kappa shape index (κ3) is 15.6. The molecule has 286 valence electrons. The van der Waals surface area contributed by atoms with E-state index in [-0.39, 0.29) is 18.1 Å². The van der Waals surface area contributed by atoms with Crippen molar-refractivity contribution in [3.63, 3.8) is 0 Å². The van der Waals surface area contributed by atoms with Crippen LogP contribution in [0.5, 0.6) is 0 Å². The predicted molar refractivity (Wildman–Crippen MR) is 207 cm³/mol. The number of alkyl halides is 3. The van der Waals surface area contributed by atoms with Crippen LogP contribution in [0.2, 0.25) is 18.1 Å². The van der Waals surface area contributed by atoms with E-state index >= 15 is 0 Å². The van der Waals surface area contributed by atoms with Gasteiger partial charge >= 0.3 is 12.1 Å². The molecule has 0 fully saturated rings. The average molecular weight is 799 g/mol. The largest absolute Gasteiger partial charge is 0.508 e. The number of carboxylic acids is 1. The minimum Gasteiger partial charge on any atom is -0.481 e. The van der Waals surface area contributed by atoms with Gasteiger partial charge in [-0.3, -0.25) is 9.59 Å². The number of ether oxygens (including phenoxy) is 2. The van der Waals surface area contributed by atoms with Gasteiger partial charge in [0.15, 0.2) is 8.32 Å². The normalized spacial score (nSPS) is 16.4. The van der Waals surface area contributed by atoms with E-state index in [4.69, 9.17) is 48.7 Å². The van der Waals surface area contributed by atoms with Gasteiger partial charge in [0.05, 0.1) is 35.2 Å². The number of ketones is 1. The zero-order chi connectivity index (χ0) is 38.4. The molecule has 14 heteroatoms. The second-order valence-corrected chi connectivity index (χ2v) is 22.2. The van der Waals surface area contributed by atoms with Gasteiger partial charge in [-0.25, -0.2) is 9.78 Å². The number of thiazole rings is 1. The lowest BCUT2D eigenvalue weighted by Gasteiger charge is -2.42. The molecule has 1 heterocycles. The van der Waals surface area contributed by atoms with E-state index in [1.165, 1.54) is 0 Å². The number of hydrogen-bond acceptors (Lipinski definition) is 9. The Morgan fingerprint density at radius 3 is 2.18 bits per heavy atom. The van der Waals surface area contributed by atoms with Crippen molar-refractivity contribution < 1.29 is 38.5 Å². The Kier molecular flexibility index (Phi) is 19.8. The first kappa shape index (κ1) is 46.5. The van der Waals surface area contributed by atoms with Gasteiger partial charge in [0.1, 0.15) is 18.5 Å². The monoisotopic (exact) mass is 797 g/mol. The Balaban J connectivity index is 3.16. The molecular formula is C36H58Cl3NO8SSi. The molecule has 1 rings (SSSR count). The molecule has 0 saturated carbocycles. The number of carbonyl (C=O) groups is 3. The van der Waals surface area contributed by atoms with Gasteiger partial charge in [-0.1, -0.05) is 94.9 Å². The van der Waals surface area contributed by atoms with Crippen molar-refractivity contribution >= 4 is 78.4 Å². The zero-order valence-electron chi connectivity index (χ0n) is 31.3. The molecule has 0 bridgehead atoms. The maximum atomic E-state index is 14.3. The van der Waals surface area contributed by atoms with Crippen molar-refractivity contribution in [2.75, 3.05) is 6.61 Å². The lowest BCUT2D eigenvalue weighted by atomic mass is 9.73. The van der Waals surface area contributed by atoms with E-state index < -0.39 is 60.5 Å². The van der Waals surface area contributed by atoms with Crippen LogP contribution in [-0.2, 0) is 23.5 Å². The number of Topliss-reactive ketones (excluding diaryl/α,β-unsaturated/α-hetero) is 1. The Morgan fingerprint density at radius 2 is 1.68 bits per heavy atom. The molecule has 1 aromatic heterocycles. The number of aliphatic hydroxyl groups is 1. The van der Waals surface area contributed by atoms with Gasteiger partial charge in [0, 0.05) is 10.8 Å². The van der Waals surface area contributed by atoms with Crippen LogP contribution in [0.15, 0.2) is 22.6 Å². The lowest BCUT2D eigenvalue weighted by Crippen LogP contribution is -2.51. The quantitative estimate of drug-likeness (QED) is 0.0509. The number of halogens is 3. The zero-order valence-corrected chi connectivity index (χ0v) is 35.4. The average Bonchev–Trinajstić information content (AvgIpc) is 3.45. The van der Waals surface area contributed by atoms with Gasteiger partial charge in [0.2, 0.25) is 3.79 Å². The molecule has 1 aromatic rings. The van der Waals surface area contributed by atoms with Crippen LogP contribution >= 0.6 is 46.1 Å². The number of aryl methyl sites for hydroxylation is 1. The Labute approximate surface area is 319 Å². The Morgan fingerprint density at radius 1 is 1.08 bits per heavy atom. The highest BCUT2D eigenvalue weighted by molar-refractivity contribution is 7.09. The van der Waals surface area contributed by atoms with Gasteiger partial charge in [-0.2, -0.15) is 0 Å². The summed E-state index contributed by atoms with van der Waals surface area (Å²) in [6, 6.07) is 2.38. The number of aromatic nitrogens is 1. The first-order valence-electron chi connectivity index (χ1n) is 17.4. The first-order valence-corrected chi connectivity index (χ1v) is 21.9. The van der Waals surface area contributed by atoms with E-state index in [2.05, 4.69) is 4.98 Å². The molecule has 5 atom stereocenters. The molecule has 0 aliphatic rings. The summed E-state index contributed by atoms with van der Waals surface area (Å²) in [4.78, 5) is 43.5. The van der Waals surface area contributed by atoms with Crippen LogP contribution in [0.1, 0.15) is 105 Å². The number of aliphatic hydroxyl groups excluding tert-OH is 1. The Bertz CT molecular complexity index is 1300. The number of carboxylic acid groups (broad SMARTS) is 1. The molecule has 0 saturated heterocycles. The SMILES string of the molecule is CC[Si](CC)(CC)O[C@@H](CC(=O)O)C(C)(C)C(=O)C(C)C(OC(=O)OCC(Cl)(Cl)Cl)C(C)CCC/C(C)=C\CC(O)/C(C)=C/c1csc(C)n1. The van der Waals surface area contributed by atoms with E-state index in [0.29, 0.717) is 12.8 Å². The van der Waals surface area contributed by atoms with Crippen molar-refractivity contribution in [2.45, 2.75) is 142 Å². The van der Waals surface area contributed by atoms with Crippen LogP contribution in [0.3, 0.4) is 0 Å². The number of allylic oxidation sites excluding steroid dienone is 1. The summed E-state index contributed by atoms with van der Waals surface area (Å²) < 4.78 is 15.6. The standard InChI is InChI=1S/C36H58Cl3NO8SSi/c1-11-50(12-2,13-3)48-30(20-31(42)43)35(9,10)33(44)26(7)32(47-34(45)46-22-36(37,38)39)24(5)16-14-15-23(4)17-18-29(41)25(6)19-28-21-49-27(8)40-28/h17,19,21,24,26,29-30,32,41H,11-16,18,20,22H2,1-10H3,(H,42,43)/b23-17-,25-19+/t24?,26?,29?,30-,32?/m0/s1. The van der Waals surface area contributed by atoms with Crippen LogP contribution in [0.25, 0.3) is 6.08 Å². The minimum atomic E-state index is -2.29. The fraction of sp³-hybridized carbons (Fsp3) is 0.722. The molecule has 50 heavy (non-hydrogen) atoms. The summed E-state index contributed by atoms with van der Waals surface area (Å²) in [5, 5.41) is 23.4. The summed E-state index contributed by atoms with van der Waals surface area (Å²) in [5.41, 5.74) is 1.57. The highest BCUT2D eigenvalue weighted by Gasteiger charge is 2.47. The molecule has 2 N–H and O–H groups in total. The van der Waals surface area contributed by atoms with Crippen molar-refractivity contribution in [1.29, 1.82) is 0 Å². The topological polar surface area (TPSA) is 132 Å². The summed E-state index contributed by atoms with van der Waals surface area (Å²) >= 11 is 18.9. The summed E-state index contributed by atoms with van der Waals surface area (Å²) in [7, 11) is -2.29. The summed E-state index contributed by atoms with van der Waals surface area (Å²) in [6.45, 7) is 18.4. The van der Waals surface area contributed by atoms with Crippen LogP contribution in [0.4, 0.5) is 4.79 Å². The molecule has 9 nitrogen and oxygen atoms in total. The van der Waals surface area contributed by atoms with Crippen molar-refractivity contribution in [3.05, 3.63) is 33.3 Å². The second-order valence-electron chi connectivity index (χ2n) is 13.9. The van der Waals surface area contributed by atoms with Gasteiger partial charge in [-0.05, 0) is 82.2 Å². The molecule has 0 radical (unpaired) electrons. The van der Waals surface area contributed by atoms with E-state index in [1.54, 1.807) is 32.1 Å². The molecule has 0 aromatic carbocycles. The molecule has 0 aliphatic carbocycles. The first-order chi connectivity index (χ1) is 23.1. The van der Waals surface area contributed by atoms with Gasteiger partial charge in [-0.15, -0.1) is 11.3 Å². The summed E-state index contributed by atoms with van der Waals surface area (Å²) in [6.07, 6.45) is 2.64. The third-order valence-electron chi connectivity index (χ3n) is 9.64. The van der Waals surface area contributed by atoms with Crippen LogP contribution in [0, 0.1) is 24.2 Å². The van der Waals surface area contributed by atoms with Gasteiger partial charge in [0.25, 0.3) is 0 Å². The van der Waals surface area contributed by atoms with Crippen molar-refractivity contribution in [1.82, 2.24) is 4.98 Å². The number of rotatable bonds is 22. The highest BCUT2D eigenvalue weighted by atomic mass is 35.6. The van der Waals surface area contributed by atoms with Gasteiger partial charge < -0.3 is 24.1 Å². The minimum absolute atomic E-state index is 0.276. The predicted octanol–water partition coefficient (Wildman–Crippen LogP) is 10.3. The molecular weight excluding hydrogens is 741 g/mol. The van der Waals surface area contributed by atoms with E-state index in [0.717, 1.165) is 52.8 Å². The van der Waals surface area contributed by atoms with Crippen molar-refractivity contribution in [2.24, 2.45) is 17.3 Å². The van der Waals surface area contributed by atoms with Crippen LogP contribution < -0.4 is 0 Å². The fourth-order valence-corrected chi connectivity index (χ4v) is 9.76. The maximum Gasteiger partial charge on any atom is 0.508 e. The van der Waals surface area contributed by atoms with Crippen LogP contribution in [-0.4, -0.2) is 70.1 Å². The lowest BCUT2D eigenvalue weighted by molar-refractivity contribution is -0.147. The molecule has 0 amide bonds. The Hall–Kier alpha value is -1.47. The highest BCUT2D eigenvalue weighted by Crippen LogP contribution is 2.38. The molecule has 0 spiro atoms. The summed E-state index contributed by atoms with van der Waals surface area (Å²) in [5.74, 6) is -2.45. The molecule has 4 unspecified atom stereocenters. The molecule has 0 aliphatic heterocycles. The van der Waals surface area contributed by atoms with E-state index in [9.17, 15) is 24.6 Å². The number of aliphatic carboxylic acids is 1. The second kappa shape index (κ2) is 21.3. The van der Waals surface area contributed by atoms with E-state index in [1.807, 2.05) is 66.0 Å². The third-order valence-corrected chi connectivity index (χ3v) is 15.4. The smallest absolute Gasteiger partial charge is 0.481 e. The number of carbonyl (C=O) groups excluding carboxylic acids is 2.